The molecule has 1 rings (SSSR count). The highest BCUT2D eigenvalue weighted by molar-refractivity contribution is 4.83. The molecule has 1 aliphatic heterocycles. The number of hydrogen-bond donors (Lipinski definition) is 1. The predicted octanol–water partition coefficient (Wildman–Crippen LogP) is 1.31. The standard InChI is InChI=1S/C10H22N2/c1-10(2,3)9-4-6-12(8-9)7-5-11/h9H,4-8,11H2,1-3H3. The molecule has 0 aromatic carbocycles. The predicted molar refractivity (Wildman–Crippen MR) is 53.1 cm³/mol. The fraction of sp³-hybridized carbons (Fsp3) is 1.00. The Morgan fingerprint density at radius 3 is 2.50 bits per heavy atom. The van der Waals surface area contributed by atoms with Gasteiger partial charge in [0.15, 0.2) is 0 Å². The lowest BCUT2D eigenvalue weighted by atomic mass is 9.80. The topological polar surface area (TPSA) is 29.3 Å². The van der Waals surface area contributed by atoms with Crippen LogP contribution in [0.15, 0.2) is 0 Å². The molecule has 12 heavy (non-hydrogen) atoms. The summed E-state index contributed by atoms with van der Waals surface area (Å²) >= 11 is 0. The molecule has 1 unspecified atom stereocenters. The van der Waals surface area contributed by atoms with E-state index in [1.54, 1.807) is 0 Å². The van der Waals surface area contributed by atoms with Crippen molar-refractivity contribution in [2.75, 3.05) is 26.2 Å². The first-order valence-corrected chi connectivity index (χ1v) is 4.96. The van der Waals surface area contributed by atoms with Crippen molar-refractivity contribution in [1.29, 1.82) is 0 Å². The van der Waals surface area contributed by atoms with Gasteiger partial charge in [-0.25, -0.2) is 0 Å². The summed E-state index contributed by atoms with van der Waals surface area (Å²) in [4.78, 5) is 2.48. The Morgan fingerprint density at radius 1 is 1.42 bits per heavy atom. The Kier molecular flexibility index (Phi) is 3.13. The Morgan fingerprint density at radius 2 is 2.08 bits per heavy atom. The normalized spacial score (nSPS) is 26.5. The molecule has 2 nitrogen and oxygen atoms in total. The average molecular weight is 170 g/mol. The van der Waals surface area contributed by atoms with Crippen molar-refractivity contribution >= 4 is 0 Å². The third-order valence-corrected chi connectivity index (χ3v) is 2.94. The van der Waals surface area contributed by atoms with Crippen molar-refractivity contribution in [3.63, 3.8) is 0 Å². The molecule has 0 amide bonds. The van der Waals surface area contributed by atoms with Crippen LogP contribution >= 0.6 is 0 Å². The first-order chi connectivity index (χ1) is 5.54. The van der Waals surface area contributed by atoms with Crippen LogP contribution in [0.25, 0.3) is 0 Å². The largest absolute Gasteiger partial charge is 0.329 e. The molecule has 1 atom stereocenters. The molecule has 1 aliphatic rings. The number of rotatable bonds is 2. The number of hydrogen-bond acceptors (Lipinski definition) is 2. The van der Waals surface area contributed by atoms with Crippen molar-refractivity contribution in [2.24, 2.45) is 17.1 Å². The zero-order valence-electron chi connectivity index (χ0n) is 8.64. The summed E-state index contributed by atoms with van der Waals surface area (Å²) in [6.45, 7) is 11.4. The van der Waals surface area contributed by atoms with Gasteiger partial charge in [0.2, 0.25) is 0 Å². The third kappa shape index (κ3) is 2.46. The highest BCUT2D eigenvalue weighted by atomic mass is 15.1. The average Bonchev–Trinajstić information content (AvgIpc) is 2.35. The molecule has 0 aromatic heterocycles. The maximum atomic E-state index is 5.52. The van der Waals surface area contributed by atoms with Crippen LogP contribution in [-0.2, 0) is 0 Å². The Hall–Kier alpha value is -0.0800. The second-order valence-corrected chi connectivity index (χ2v) is 4.94. The van der Waals surface area contributed by atoms with Crippen molar-refractivity contribution in [1.82, 2.24) is 4.90 Å². The van der Waals surface area contributed by atoms with Crippen LogP contribution in [-0.4, -0.2) is 31.1 Å². The molecule has 0 spiro atoms. The Bertz CT molecular complexity index is 137. The summed E-state index contributed by atoms with van der Waals surface area (Å²) in [5, 5.41) is 0. The van der Waals surface area contributed by atoms with E-state index in [-0.39, 0.29) is 0 Å². The van der Waals surface area contributed by atoms with Crippen molar-refractivity contribution < 1.29 is 0 Å². The minimum atomic E-state index is 0.476. The second-order valence-electron chi connectivity index (χ2n) is 4.94. The van der Waals surface area contributed by atoms with Crippen LogP contribution in [0.4, 0.5) is 0 Å². The van der Waals surface area contributed by atoms with Gasteiger partial charge in [-0.15, -0.1) is 0 Å². The molecular formula is C10H22N2. The van der Waals surface area contributed by atoms with E-state index in [1.165, 1.54) is 19.5 Å². The molecule has 0 bridgehead atoms. The van der Waals surface area contributed by atoms with Crippen LogP contribution in [0.1, 0.15) is 27.2 Å². The molecule has 1 saturated heterocycles. The summed E-state index contributed by atoms with van der Waals surface area (Å²) in [6, 6.07) is 0. The zero-order valence-corrected chi connectivity index (χ0v) is 8.64. The quantitative estimate of drug-likeness (QED) is 0.677. The van der Waals surface area contributed by atoms with E-state index in [4.69, 9.17) is 5.73 Å². The molecule has 1 fully saturated rings. The number of nitrogens with zero attached hydrogens (tertiary/aromatic N) is 1. The van der Waals surface area contributed by atoms with Crippen molar-refractivity contribution in [2.45, 2.75) is 27.2 Å². The summed E-state index contributed by atoms with van der Waals surface area (Å²) in [5.41, 5.74) is 6.00. The molecule has 2 N–H and O–H groups in total. The van der Waals surface area contributed by atoms with Gasteiger partial charge in [-0.3, -0.25) is 0 Å². The van der Waals surface area contributed by atoms with E-state index in [1.807, 2.05) is 0 Å². The SMILES string of the molecule is CC(C)(C)C1CCN(CCN)C1. The van der Waals surface area contributed by atoms with Gasteiger partial charge in [0.1, 0.15) is 0 Å². The second kappa shape index (κ2) is 3.75. The summed E-state index contributed by atoms with van der Waals surface area (Å²) < 4.78 is 0. The van der Waals surface area contributed by atoms with E-state index in [0.717, 1.165) is 19.0 Å². The highest BCUT2D eigenvalue weighted by Crippen LogP contribution is 2.33. The first kappa shape index (κ1) is 10.0. The van der Waals surface area contributed by atoms with Gasteiger partial charge in [0.25, 0.3) is 0 Å². The Balaban J connectivity index is 2.35. The van der Waals surface area contributed by atoms with Gasteiger partial charge < -0.3 is 10.6 Å². The molecule has 1 heterocycles. The van der Waals surface area contributed by atoms with Gasteiger partial charge in [-0.05, 0) is 24.3 Å². The lowest BCUT2D eigenvalue weighted by Crippen LogP contribution is -2.29. The lowest BCUT2D eigenvalue weighted by Gasteiger charge is -2.26. The molecule has 72 valence electrons. The Labute approximate surface area is 76.1 Å². The van der Waals surface area contributed by atoms with Gasteiger partial charge in [0.05, 0.1) is 0 Å². The van der Waals surface area contributed by atoms with E-state index < -0.39 is 0 Å². The minimum Gasteiger partial charge on any atom is -0.329 e. The molecule has 0 aliphatic carbocycles. The van der Waals surface area contributed by atoms with Gasteiger partial charge in [-0.1, -0.05) is 20.8 Å². The molecule has 0 saturated carbocycles. The minimum absolute atomic E-state index is 0.476. The van der Waals surface area contributed by atoms with Gasteiger partial charge >= 0.3 is 0 Å². The molecule has 2 heteroatoms. The van der Waals surface area contributed by atoms with Crippen LogP contribution in [0.2, 0.25) is 0 Å². The van der Waals surface area contributed by atoms with E-state index >= 15 is 0 Å². The van der Waals surface area contributed by atoms with Gasteiger partial charge in [0, 0.05) is 19.6 Å². The first-order valence-electron chi connectivity index (χ1n) is 4.96. The van der Waals surface area contributed by atoms with Crippen molar-refractivity contribution in [3.05, 3.63) is 0 Å². The lowest BCUT2D eigenvalue weighted by molar-refractivity contribution is 0.231. The zero-order chi connectivity index (χ0) is 9.19. The van der Waals surface area contributed by atoms with Crippen LogP contribution in [0.5, 0.6) is 0 Å². The van der Waals surface area contributed by atoms with Crippen molar-refractivity contribution in [3.8, 4) is 0 Å². The smallest absolute Gasteiger partial charge is 0.0105 e. The summed E-state index contributed by atoms with van der Waals surface area (Å²) in [7, 11) is 0. The van der Waals surface area contributed by atoms with E-state index in [0.29, 0.717) is 5.41 Å². The number of likely N-dealkylation sites (tertiary alicyclic amines) is 1. The summed E-state index contributed by atoms with van der Waals surface area (Å²) in [5.74, 6) is 0.865. The number of nitrogens with two attached hydrogens (primary N) is 1. The fourth-order valence-corrected chi connectivity index (χ4v) is 1.93. The maximum absolute atomic E-state index is 5.52. The summed E-state index contributed by atoms with van der Waals surface area (Å²) in [6.07, 6.45) is 1.35. The molecule has 0 aromatic rings. The highest BCUT2D eigenvalue weighted by Gasteiger charge is 2.30. The van der Waals surface area contributed by atoms with Gasteiger partial charge in [-0.2, -0.15) is 0 Å². The van der Waals surface area contributed by atoms with Crippen LogP contribution < -0.4 is 5.73 Å². The monoisotopic (exact) mass is 170 g/mol. The van der Waals surface area contributed by atoms with Crippen LogP contribution in [0, 0.1) is 11.3 Å². The fourth-order valence-electron chi connectivity index (χ4n) is 1.93. The van der Waals surface area contributed by atoms with E-state index in [9.17, 15) is 0 Å². The third-order valence-electron chi connectivity index (χ3n) is 2.94. The maximum Gasteiger partial charge on any atom is 0.0105 e. The molecule has 0 radical (unpaired) electrons. The molecular weight excluding hydrogens is 148 g/mol. The van der Waals surface area contributed by atoms with E-state index in [2.05, 4.69) is 25.7 Å². The van der Waals surface area contributed by atoms with Crippen LogP contribution in [0.3, 0.4) is 0 Å².